The van der Waals surface area contributed by atoms with Crippen molar-refractivity contribution in [3.8, 4) is 0 Å². The molecule has 1 amide bonds. The molecule has 2 N–H and O–H groups in total. The van der Waals surface area contributed by atoms with Crippen molar-refractivity contribution >= 4 is 11.9 Å². The van der Waals surface area contributed by atoms with Gasteiger partial charge in [0.1, 0.15) is 0 Å². The number of amides is 1. The Labute approximate surface area is 180 Å². The molecule has 0 spiro atoms. The predicted molar refractivity (Wildman–Crippen MR) is 122 cm³/mol. The molecule has 0 aromatic heterocycles. The number of likely N-dealkylation sites (N-methyl/N-ethyl adjacent to an activating group) is 1. The first-order valence-electron chi connectivity index (χ1n) is 10.6. The van der Waals surface area contributed by atoms with E-state index < -0.39 is 0 Å². The summed E-state index contributed by atoms with van der Waals surface area (Å²) in [6, 6.07) is 21.5. The molecule has 0 aliphatic carbocycles. The van der Waals surface area contributed by atoms with Crippen molar-refractivity contribution in [1.82, 2.24) is 20.4 Å². The summed E-state index contributed by atoms with van der Waals surface area (Å²) in [5.74, 6) is 0.711. The van der Waals surface area contributed by atoms with E-state index in [1.807, 2.05) is 18.2 Å². The molecule has 0 saturated carbocycles. The van der Waals surface area contributed by atoms with Gasteiger partial charge in [-0.25, -0.2) is 4.99 Å². The lowest BCUT2D eigenvalue weighted by Gasteiger charge is -2.21. The molecule has 1 aliphatic heterocycles. The first kappa shape index (κ1) is 21.8. The number of rotatable bonds is 7. The maximum absolute atomic E-state index is 12.0. The molecular formula is C24H33N5O. The summed E-state index contributed by atoms with van der Waals surface area (Å²) in [6.07, 6.45) is 1.04. The van der Waals surface area contributed by atoms with Gasteiger partial charge in [-0.1, -0.05) is 60.7 Å². The average Bonchev–Trinajstić information content (AvgIpc) is 3.09. The smallest absolute Gasteiger partial charge is 0.241 e. The fourth-order valence-electron chi connectivity index (χ4n) is 3.66. The highest BCUT2D eigenvalue weighted by Crippen LogP contribution is 2.20. The van der Waals surface area contributed by atoms with Crippen molar-refractivity contribution in [2.45, 2.75) is 38.5 Å². The number of carbonyl (C=O) groups excluding carboxylic acids is 1. The lowest BCUT2D eigenvalue weighted by Crippen LogP contribution is -2.47. The van der Waals surface area contributed by atoms with E-state index in [1.54, 1.807) is 19.0 Å². The van der Waals surface area contributed by atoms with Gasteiger partial charge in [0.05, 0.1) is 13.1 Å². The zero-order valence-corrected chi connectivity index (χ0v) is 18.2. The first-order chi connectivity index (χ1) is 14.5. The Bertz CT molecular complexity index is 822. The van der Waals surface area contributed by atoms with E-state index in [4.69, 9.17) is 4.99 Å². The normalized spacial score (nSPS) is 19.5. The maximum Gasteiger partial charge on any atom is 0.241 e. The summed E-state index contributed by atoms with van der Waals surface area (Å²) in [5.41, 5.74) is 2.47. The topological polar surface area (TPSA) is 60.0 Å². The van der Waals surface area contributed by atoms with Crippen molar-refractivity contribution in [1.29, 1.82) is 0 Å². The van der Waals surface area contributed by atoms with Gasteiger partial charge in [-0.15, -0.1) is 0 Å². The van der Waals surface area contributed by atoms with E-state index >= 15 is 0 Å². The van der Waals surface area contributed by atoms with Gasteiger partial charge in [-0.3, -0.25) is 9.69 Å². The van der Waals surface area contributed by atoms with Crippen LogP contribution in [0.25, 0.3) is 0 Å². The van der Waals surface area contributed by atoms with Gasteiger partial charge in [0, 0.05) is 39.3 Å². The molecule has 2 aromatic carbocycles. The third-order valence-electron chi connectivity index (χ3n) is 5.44. The van der Waals surface area contributed by atoms with Crippen LogP contribution in [0.1, 0.15) is 24.5 Å². The van der Waals surface area contributed by atoms with Gasteiger partial charge in [-0.05, 0) is 24.5 Å². The molecule has 1 fully saturated rings. The number of nitrogens with zero attached hydrogens (tertiary/aromatic N) is 3. The molecule has 6 heteroatoms. The van der Waals surface area contributed by atoms with Gasteiger partial charge in [0.15, 0.2) is 5.96 Å². The van der Waals surface area contributed by atoms with Gasteiger partial charge in [-0.2, -0.15) is 0 Å². The van der Waals surface area contributed by atoms with Gasteiger partial charge >= 0.3 is 0 Å². The van der Waals surface area contributed by atoms with Crippen molar-refractivity contribution in [3.05, 3.63) is 71.8 Å². The summed E-state index contributed by atoms with van der Waals surface area (Å²) in [7, 11) is 3.52. The van der Waals surface area contributed by atoms with Crippen LogP contribution in [0.3, 0.4) is 0 Å². The van der Waals surface area contributed by atoms with Crippen LogP contribution in [0.5, 0.6) is 0 Å². The number of aliphatic imine (C=N–C) groups is 1. The number of carbonyl (C=O) groups is 1. The minimum Gasteiger partial charge on any atom is -0.352 e. The molecule has 2 unspecified atom stereocenters. The van der Waals surface area contributed by atoms with Crippen LogP contribution in [-0.4, -0.2) is 60.9 Å². The van der Waals surface area contributed by atoms with E-state index in [-0.39, 0.29) is 12.5 Å². The van der Waals surface area contributed by atoms with Crippen LogP contribution in [0.2, 0.25) is 0 Å². The molecule has 0 radical (unpaired) electrons. The zero-order valence-electron chi connectivity index (χ0n) is 18.2. The van der Waals surface area contributed by atoms with Gasteiger partial charge < -0.3 is 15.5 Å². The third kappa shape index (κ3) is 6.59. The largest absolute Gasteiger partial charge is 0.352 e. The molecule has 0 bridgehead atoms. The van der Waals surface area contributed by atoms with Crippen LogP contribution >= 0.6 is 0 Å². The minimum atomic E-state index is 0.0229. The lowest BCUT2D eigenvalue weighted by atomic mass is 10.2. The first-order valence-corrected chi connectivity index (χ1v) is 10.6. The molecule has 1 aliphatic rings. The Balaban J connectivity index is 1.62. The highest BCUT2D eigenvalue weighted by molar-refractivity contribution is 5.86. The number of hydrogen-bond acceptors (Lipinski definition) is 3. The fourth-order valence-corrected chi connectivity index (χ4v) is 3.66. The second kappa shape index (κ2) is 10.8. The number of guanidine groups is 1. The van der Waals surface area contributed by atoms with E-state index in [0.717, 1.165) is 25.1 Å². The molecule has 1 saturated heterocycles. The molecule has 1 heterocycles. The van der Waals surface area contributed by atoms with Crippen molar-refractivity contribution in [2.24, 2.45) is 4.99 Å². The molecule has 30 heavy (non-hydrogen) atoms. The summed E-state index contributed by atoms with van der Waals surface area (Å²) in [6.45, 7) is 4.97. The number of benzene rings is 2. The highest BCUT2D eigenvalue weighted by atomic mass is 16.2. The summed E-state index contributed by atoms with van der Waals surface area (Å²) >= 11 is 0. The summed E-state index contributed by atoms with van der Waals surface area (Å²) < 4.78 is 0. The Morgan fingerprint density at radius 1 is 1.07 bits per heavy atom. The molecule has 2 aromatic rings. The molecular weight excluding hydrogens is 374 g/mol. The van der Waals surface area contributed by atoms with Crippen LogP contribution in [0, 0.1) is 0 Å². The van der Waals surface area contributed by atoms with Crippen LogP contribution < -0.4 is 10.6 Å². The van der Waals surface area contributed by atoms with Crippen LogP contribution in [-0.2, 0) is 17.9 Å². The van der Waals surface area contributed by atoms with Gasteiger partial charge in [0.25, 0.3) is 0 Å². The van der Waals surface area contributed by atoms with Crippen molar-refractivity contribution in [2.75, 3.05) is 27.2 Å². The highest BCUT2D eigenvalue weighted by Gasteiger charge is 2.29. The number of hydrogen-bond donors (Lipinski definition) is 2. The standard InChI is InChI=1S/C24H33N5O/c1-19-14-22(18-29(19)17-21-12-8-5-9-13-21)27-24(26-16-23(30)28(2)3)25-15-20-10-6-4-7-11-20/h4-13,19,22H,14-18H2,1-3H3,(H2,25,26,27). The Hall–Kier alpha value is -2.86. The Kier molecular flexibility index (Phi) is 7.85. The van der Waals surface area contributed by atoms with Gasteiger partial charge in [0.2, 0.25) is 5.91 Å². The maximum atomic E-state index is 12.0. The quantitative estimate of drug-likeness (QED) is 0.547. The fraction of sp³-hybridized carbons (Fsp3) is 0.417. The van der Waals surface area contributed by atoms with E-state index in [9.17, 15) is 4.79 Å². The third-order valence-corrected chi connectivity index (χ3v) is 5.44. The van der Waals surface area contributed by atoms with E-state index in [2.05, 4.69) is 64.9 Å². The average molecular weight is 408 g/mol. The summed E-state index contributed by atoms with van der Waals surface area (Å²) in [5, 5.41) is 6.76. The molecule has 3 rings (SSSR count). The second-order valence-electron chi connectivity index (χ2n) is 8.13. The summed E-state index contributed by atoms with van der Waals surface area (Å²) in [4.78, 5) is 20.8. The number of likely N-dealkylation sites (tertiary alicyclic amines) is 1. The molecule has 2 atom stereocenters. The molecule has 6 nitrogen and oxygen atoms in total. The SMILES string of the molecule is CC1CC(NC(=NCc2ccccc2)NCC(=O)N(C)C)CN1Cc1ccccc1. The Morgan fingerprint density at radius 2 is 1.70 bits per heavy atom. The number of nitrogens with one attached hydrogen (secondary N) is 2. The van der Waals surface area contributed by atoms with Crippen LogP contribution in [0.4, 0.5) is 0 Å². The van der Waals surface area contributed by atoms with Crippen LogP contribution in [0.15, 0.2) is 65.7 Å². The van der Waals surface area contributed by atoms with E-state index in [0.29, 0.717) is 24.6 Å². The van der Waals surface area contributed by atoms with Crippen molar-refractivity contribution < 1.29 is 4.79 Å². The lowest BCUT2D eigenvalue weighted by molar-refractivity contribution is -0.127. The van der Waals surface area contributed by atoms with E-state index in [1.165, 1.54) is 5.56 Å². The predicted octanol–water partition coefficient (Wildman–Crippen LogP) is 2.47. The minimum absolute atomic E-state index is 0.0229. The Morgan fingerprint density at radius 3 is 2.33 bits per heavy atom. The molecule has 160 valence electrons. The monoisotopic (exact) mass is 407 g/mol. The van der Waals surface area contributed by atoms with Crippen molar-refractivity contribution in [3.63, 3.8) is 0 Å². The zero-order chi connectivity index (χ0) is 21.3. The second-order valence-corrected chi connectivity index (χ2v) is 8.13.